The summed E-state index contributed by atoms with van der Waals surface area (Å²) in [5.74, 6) is 0.708. The molecule has 3 rings (SSSR count). The fourth-order valence-electron chi connectivity index (χ4n) is 2.82. The van der Waals surface area contributed by atoms with E-state index in [9.17, 15) is 9.59 Å². The molecule has 0 aromatic heterocycles. The van der Waals surface area contributed by atoms with Crippen molar-refractivity contribution in [1.29, 1.82) is 0 Å². The van der Waals surface area contributed by atoms with E-state index in [-0.39, 0.29) is 24.6 Å². The molecule has 0 unspecified atom stereocenters. The van der Waals surface area contributed by atoms with Crippen LogP contribution in [0.15, 0.2) is 59.8 Å². The van der Waals surface area contributed by atoms with Gasteiger partial charge in [-0.15, -0.1) is 0 Å². The van der Waals surface area contributed by atoms with Crippen LogP contribution in [-0.4, -0.2) is 46.6 Å². The molecule has 2 aromatic carbocycles. The Balaban J connectivity index is 1.85. The minimum Gasteiger partial charge on any atom is -0.497 e. The van der Waals surface area contributed by atoms with Gasteiger partial charge >= 0.3 is 11.9 Å². The van der Waals surface area contributed by atoms with Crippen molar-refractivity contribution in [3.8, 4) is 17.2 Å². The van der Waals surface area contributed by atoms with E-state index in [1.807, 2.05) is 0 Å². The Kier molecular flexibility index (Phi) is 6.36. The third-order valence-corrected chi connectivity index (χ3v) is 4.28. The first-order chi connectivity index (χ1) is 14.1. The van der Waals surface area contributed by atoms with Gasteiger partial charge in [-0.1, -0.05) is 0 Å². The van der Waals surface area contributed by atoms with E-state index in [0.29, 0.717) is 17.2 Å². The summed E-state index contributed by atoms with van der Waals surface area (Å²) in [5.41, 5.74) is 0.826. The van der Waals surface area contributed by atoms with Crippen molar-refractivity contribution in [2.75, 3.05) is 39.6 Å². The Hall–Kier alpha value is -3.52. The summed E-state index contributed by atoms with van der Waals surface area (Å²) < 4.78 is 26.0. The van der Waals surface area contributed by atoms with Gasteiger partial charge in [0.2, 0.25) is 0 Å². The second kappa shape index (κ2) is 9.11. The van der Waals surface area contributed by atoms with Crippen LogP contribution in [0.4, 0.5) is 5.69 Å². The Morgan fingerprint density at radius 2 is 1.38 bits per heavy atom. The number of rotatable bonds is 6. The average molecular weight is 399 g/mol. The van der Waals surface area contributed by atoms with Gasteiger partial charge in [-0.3, -0.25) is 0 Å². The fourth-order valence-corrected chi connectivity index (χ4v) is 2.82. The van der Waals surface area contributed by atoms with E-state index in [2.05, 4.69) is 0 Å². The summed E-state index contributed by atoms with van der Waals surface area (Å²) in [7, 11) is 4.10. The Labute approximate surface area is 168 Å². The molecule has 152 valence electrons. The van der Waals surface area contributed by atoms with Crippen molar-refractivity contribution in [1.82, 2.24) is 0 Å². The number of carbonyl (C=O) groups is 2. The molecule has 8 heteroatoms. The largest absolute Gasteiger partial charge is 0.497 e. The number of methoxy groups -OCH3 is 3. The Morgan fingerprint density at radius 1 is 0.828 bits per heavy atom. The van der Waals surface area contributed by atoms with Crippen LogP contribution >= 0.6 is 0 Å². The highest BCUT2D eigenvalue weighted by atomic mass is 16.5. The smallest absolute Gasteiger partial charge is 0.355 e. The van der Waals surface area contributed by atoms with Crippen molar-refractivity contribution in [2.24, 2.45) is 0 Å². The molecule has 0 saturated carbocycles. The second-order valence-electron chi connectivity index (χ2n) is 5.99. The van der Waals surface area contributed by atoms with Gasteiger partial charge in [0.1, 0.15) is 29.7 Å². The van der Waals surface area contributed by atoms with Crippen LogP contribution in [0.1, 0.15) is 0 Å². The summed E-state index contributed by atoms with van der Waals surface area (Å²) >= 11 is 0. The summed E-state index contributed by atoms with van der Waals surface area (Å²) in [4.78, 5) is 25.9. The van der Waals surface area contributed by atoms with Crippen molar-refractivity contribution in [2.45, 2.75) is 0 Å². The van der Waals surface area contributed by atoms with Crippen molar-refractivity contribution in [3.63, 3.8) is 0 Å². The van der Waals surface area contributed by atoms with Gasteiger partial charge in [-0.2, -0.15) is 0 Å². The van der Waals surface area contributed by atoms with Gasteiger partial charge in [0.05, 0.1) is 33.5 Å². The zero-order valence-corrected chi connectivity index (χ0v) is 16.3. The fraction of sp³-hybridized carbons (Fsp3) is 0.238. The molecule has 0 saturated heterocycles. The molecule has 1 heterocycles. The van der Waals surface area contributed by atoms with Gasteiger partial charge in [0, 0.05) is 5.69 Å². The lowest BCUT2D eigenvalue weighted by molar-refractivity contribution is -0.140. The minimum absolute atomic E-state index is 0.0354. The zero-order chi connectivity index (χ0) is 20.8. The number of anilines is 1. The van der Waals surface area contributed by atoms with E-state index in [0.717, 1.165) is 5.75 Å². The van der Waals surface area contributed by atoms with Crippen molar-refractivity contribution in [3.05, 3.63) is 59.8 Å². The first-order valence-corrected chi connectivity index (χ1v) is 8.74. The third kappa shape index (κ3) is 4.49. The average Bonchev–Trinajstić information content (AvgIpc) is 2.78. The maximum absolute atomic E-state index is 12.3. The summed E-state index contributed by atoms with van der Waals surface area (Å²) in [6.07, 6.45) is 0. The summed E-state index contributed by atoms with van der Waals surface area (Å²) in [6, 6.07) is 14.2. The second-order valence-corrected chi connectivity index (χ2v) is 5.99. The molecule has 29 heavy (non-hydrogen) atoms. The van der Waals surface area contributed by atoms with Crippen molar-refractivity contribution < 1.29 is 33.3 Å². The third-order valence-electron chi connectivity index (χ3n) is 4.28. The SMILES string of the molecule is COC(=O)C1=C(C(=O)OC)N(c2ccc(Oc3ccc(OC)cc3)cc2)COC1. The molecule has 1 aliphatic heterocycles. The van der Waals surface area contributed by atoms with Crippen LogP contribution < -0.4 is 14.4 Å². The molecule has 0 fully saturated rings. The number of hydrogen-bond acceptors (Lipinski definition) is 8. The Bertz CT molecular complexity index is 904. The van der Waals surface area contributed by atoms with Gasteiger partial charge in [0.15, 0.2) is 0 Å². The predicted molar refractivity (Wildman–Crippen MR) is 104 cm³/mol. The standard InChI is InChI=1S/C21H21NO7/c1-25-15-8-10-17(11-9-15)29-16-6-4-14(5-7-16)22-13-28-12-18(20(23)26-2)19(22)21(24)27-3/h4-11H,12-13H2,1-3H3. The van der Waals surface area contributed by atoms with Crippen LogP contribution in [-0.2, 0) is 23.8 Å². The van der Waals surface area contributed by atoms with E-state index < -0.39 is 11.9 Å². The van der Waals surface area contributed by atoms with E-state index in [4.69, 9.17) is 23.7 Å². The highest BCUT2D eigenvalue weighted by Crippen LogP contribution is 2.30. The topological polar surface area (TPSA) is 83.5 Å². The number of esters is 2. The van der Waals surface area contributed by atoms with Gasteiger partial charge in [-0.25, -0.2) is 9.59 Å². The summed E-state index contributed by atoms with van der Waals surface area (Å²) in [6.45, 7) is 0.0515. The molecule has 0 bridgehead atoms. The van der Waals surface area contributed by atoms with Crippen molar-refractivity contribution >= 4 is 17.6 Å². The molecule has 2 aromatic rings. The first-order valence-electron chi connectivity index (χ1n) is 8.74. The molecule has 0 atom stereocenters. The number of hydrogen-bond donors (Lipinski definition) is 0. The molecular formula is C21H21NO7. The van der Waals surface area contributed by atoms with Crippen LogP contribution in [0.25, 0.3) is 0 Å². The quantitative estimate of drug-likeness (QED) is 0.686. The molecular weight excluding hydrogens is 378 g/mol. The molecule has 0 spiro atoms. The molecule has 8 nitrogen and oxygen atoms in total. The molecule has 1 aliphatic rings. The molecule has 0 amide bonds. The highest BCUT2D eigenvalue weighted by molar-refractivity contribution is 6.03. The normalized spacial score (nSPS) is 13.7. The lowest BCUT2D eigenvalue weighted by Crippen LogP contribution is -2.38. The highest BCUT2D eigenvalue weighted by Gasteiger charge is 2.32. The lowest BCUT2D eigenvalue weighted by atomic mass is 10.1. The molecule has 0 radical (unpaired) electrons. The van der Waals surface area contributed by atoms with Crippen LogP contribution in [0.2, 0.25) is 0 Å². The predicted octanol–water partition coefficient (Wildman–Crippen LogP) is 2.88. The van der Waals surface area contributed by atoms with Gasteiger partial charge in [0.25, 0.3) is 0 Å². The number of carbonyl (C=O) groups excluding carboxylic acids is 2. The molecule has 0 aliphatic carbocycles. The minimum atomic E-state index is -0.646. The monoisotopic (exact) mass is 399 g/mol. The van der Waals surface area contributed by atoms with E-state index in [1.165, 1.54) is 14.2 Å². The number of benzene rings is 2. The van der Waals surface area contributed by atoms with E-state index >= 15 is 0 Å². The van der Waals surface area contributed by atoms with Gasteiger partial charge < -0.3 is 28.6 Å². The van der Waals surface area contributed by atoms with Crippen LogP contribution in [0.5, 0.6) is 17.2 Å². The zero-order valence-electron chi connectivity index (χ0n) is 16.3. The summed E-state index contributed by atoms with van der Waals surface area (Å²) in [5, 5.41) is 0. The van der Waals surface area contributed by atoms with Crippen LogP contribution in [0.3, 0.4) is 0 Å². The first kappa shape index (κ1) is 20.2. The number of nitrogens with zero attached hydrogens (tertiary/aromatic N) is 1. The maximum atomic E-state index is 12.3. The Morgan fingerprint density at radius 3 is 1.93 bits per heavy atom. The number of ether oxygens (including phenoxy) is 5. The maximum Gasteiger partial charge on any atom is 0.355 e. The van der Waals surface area contributed by atoms with Crippen LogP contribution in [0, 0.1) is 0 Å². The lowest BCUT2D eigenvalue weighted by Gasteiger charge is -2.31. The van der Waals surface area contributed by atoms with Gasteiger partial charge in [-0.05, 0) is 48.5 Å². The molecule has 0 N–H and O–H groups in total. The van der Waals surface area contributed by atoms with E-state index in [1.54, 1.807) is 60.5 Å².